The van der Waals surface area contributed by atoms with E-state index in [9.17, 15) is 0 Å². The second-order valence-corrected chi connectivity index (χ2v) is 3.75. The van der Waals surface area contributed by atoms with Crippen molar-refractivity contribution in [2.45, 2.75) is 18.9 Å². The summed E-state index contributed by atoms with van der Waals surface area (Å²) in [5.41, 5.74) is 2.63. The molecule has 0 spiro atoms. The Balaban J connectivity index is 2.48. The molecule has 0 saturated heterocycles. The van der Waals surface area contributed by atoms with Crippen molar-refractivity contribution in [1.29, 1.82) is 0 Å². The molecule has 2 rings (SSSR count). The number of rotatable bonds is 3. The minimum absolute atomic E-state index is 0.458. The summed E-state index contributed by atoms with van der Waals surface area (Å²) in [5.74, 6) is 1.72. The lowest BCUT2D eigenvalue weighted by Crippen LogP contribution is -2.12. The molecule has 1 atom stereocenters. The maximum absolute atomic E-state index is 5.42. The molecule has 0 radical (unpaired) electrons. The highest BCUT2D eigenvalue weighted by atomic mass is 16.5. The summed E-state index contributed by atoms with van der Waals surface area (Å²) in [5, 5.41) is 3.31. The van der Waals surface area contributed by atoms with Crippen molar-refractivity contribution >= 4 is 0 Å². The van der Waals surface area contributed by atoms with Gasteiger partial charge in [0.2, 0.25) is 0 Å². The number of ether oxygens (including phenoxy) is 2. The molecule has 0 aromatic heterocycles. The van der Waals surface area contributed by atoms with E-state index in [1.165, 1.54) is 11.1 Å². The van der Waals surface area contributed by atoms with Crippen LogP contribution < -0.4 is 14.8 Å². The predicted molar refractivity (Wildman–Crippen MR) is 59.7 cm³/mol. The average molecular weight is 207 g/mol. The van der Waals surface area contributed by atoms with Crippen LogP contribution in [-0.2, 0) is 6.42 Å². The third-order valence-corrected chi connectivity index (χ3v) is 3.09. The Labute approximate surface area is 90.4 Å². The molecule has 3 heteroatoms. The standard InChI is InChI=1S/C12H17NO2/c1-13-10-6-4-9-8(10)5-7-11(14-2)12(9)15-3/h5,7,10,13H,4,6H2,1-3H3. The molecular weight excluding hydrogens is 190 g/mol. The van der Waals surface area contributed by atoms with Crippen LogP contribution in [0.25, 0.3) is 0 Å². The SMILES string of the molecule is CNC1CCc2c1ccc(OC)c2OC. The van der Waals surface area contributed by atoms with Crippen LogP contribution in [0.1, 0.15) is 23.6 Å². The molecule has 1 aliphatic rings. The molecule has 15 heavy (non-hydrogen) atoms. The maximum atomic E-state index is 5.42. The van der Waals surface area contributed by atoms with Gasteiger partial charge in [0, 0.05) is 11.6 Å². The van der Waals surface area contributed by atoms with Crippen LogP contribution in [0, 0.1) is 0 Å². The first-order chi connectivity index (χ1) is 7.31. The van der Waals surface area contributed by atoms with Gasteiger partial charge in [-0.2, -0.15) is 0 Å². The van der Waals surface area contributed by atoms with Gasteiger partial charge in [0.25, 0.3) is 0 Å². The number of hydrogen-bond acceptors (Lipinski definition) is 3. The average Bonchev–Trinajstić information content (AvgIpc) is 2.70. The van der Waals surface area contributed by atoms with Gasteiger partial charge < -0.3 is 14.8 Å². The molecule has 1 unspecified atom stereocenters. The lowest BCUT2D eigenvalue weighted by molar-refractivity contribution is 0.352. The monoisotopic (exact) mass is 207 g/mol. The zero-order valence-corrected chi connectivity index (χ0v) is 9.46. The molecule has 0 bridgehead atoms. The Morgan fingerprint density at radius 3 is 2.67 bits per heavy atom. The molecule has 1 aromatic carbocycles. The molecule has 1 aliphatic carbocycles. The lowest BCUT2D eigenvalue weighted by Gasteiger charge is -2.14. The largest absolute Gasteiger partial charge is 0.493 e. The summed E-state index contributed by atoms with van der Waals surface area (Å²) in [6.45, 7) is 0. The Hall–Kier alpha value is -1.22. The molecule has 3 nitrogen and oxygen atoms in total. The molecular formula is C12H17NO2. The summed E-state index contributed by atoms with van der Waals surface area (Å²) in [4.78, 5) is 0. The predicted octanol–water partition coefficient (Wildman–Crippen LogP) is 1.91. The van der Waals surface area contributed by atoms with Gasteiger partial charge in [-0.15, -0.1) is 0 Å². The molecule has 0 heterocycles. The molecule has 0 fully saturated rings. The Bertz CT molecular complexity index is 363. The maximum Gasteiger partial charge on any atom is 0.164 e. The Morgan fingerprint density at radius 2 is 2.07 bits per heavy atom. The van der Waals surface area contributed by atoms with E-state index < -0.39 is 0 Å². The van der Waals surface area contributed by atoms with Crippen molar-refractivity contribution in [2.75, 3.05) is 21.3 Å². The van der Waals surface area contributed by atoms with Crippen LogP contribution in [0.5, 0.6) is 11.5 Å². The second kappa shape index (κ2) is 4.11. The third kappa shape index (κ3) is 1.57. The van der Waals surface area contributed by atoms with Gasteiger partial charge in [0.15, 0.2) is 11.5 Å². The first kappa shape index (κ1) is 10.3. The van der Waals surface area contributed by atoms with Crippen LogP contribution in [0.4, 0.5) is 0 Å². The van der Waals surface area contributed by atoms with Crippen LogP contribution in [-0.4, -0.2) is 21.3 Å². The number of nitrogens with one attached hydrogen (secondary N) is 1. The van der Waals surface area contributed by atoms with E-state index in [2.05, 4.69) is 11.4 Å². The van der Waals surface area contributed by atoms with E-state index in [0.717, 1.165) is 24.3 Å². The number of benzene rings is 1. The van der Waals surface area contributed by atoms with Gasteiger partial charge in [-0.1, -0.05) is 6.07 Å². The van der Waals surface area contributed by atoms with E-state index in [4.69, 9.17) is 9.47 Å². The summed E-state index contributed by atoms with van der Waals surface area (Å²) in [6, 6.07) is 4.57. The third-order valence-electron chi connectivity index (χ3n) is 3.09. The number of fused-ring (bicyclic) bond motifs is 1. The fourth-order valence-corrected chi connectivity index (χ4v) is 2.33. The van der Waals surface area contributed by atoms with Gasteiger partial charge in [0.05, 0.1) is 14.2 Å². The van der Waals surface area contributed by atoms with E-state index in [1.54, 1.807) is 14.2 Å². The Morgan fingerprint density at radius 1 is 1.27 bits per heavy atom. The number of methoxy groups -OCH3 is 2. The molecule has 0 amide bonds. The van der Waals surface area contributed by atoms with Gasteiger partial charge in [-0.3, -0.25) is 0 Å². The molecule has 0 saturated carbocycles. The minimum atomic E-state index is 0.458. The fourth-order valence-electron chi connectivity index (χ4n) is 2.33. The lowest BCUT2D eigenvalue weighted by atomic mass is 10.1. The smallest absolute Gasteiger partial charge is 0.164 e. The van der Waals surface area contributed by atoms with Crippen molar-refractivity contribution in [1.82, 2.24) is 5.32 Å². The van der Waals surface area contributed by atoms with E-state index in [-0.39, 0.29) is 0 Å². The van der Waals surface area contributed by atoms with Crippen molar-refractivity contribution in [2.24, 2.45) is 0 Å². The van der Waals surface area contributed by atoms with Gasteiger partial charge in [-0.25, -0.2) is 0 Å². The first-order valence-electron chi connectivity index (χ1n) is 5.22. The van der Waals surface area contributed by atoms with Crippen LogP contribution in [0.15, 0.2) is 12.1 Å². The molecule has 1 N–H and O–H groups in total. The van der Waals surface area contributed by atoms with Crippen LogP contribution in [0.2, 0.25) is 0 Å². The zero-order chi connectivity index (χ0) is 10.8. The highest BCUT2D eigenvalue weighted by molar-refractivity contribution is 5.53. The van der Waals surface area contributed by atoms with E-state index in [0.29, 0.717) is 6.04 Å². The minimum Gasteiger partial charge on any atom is -0.493 e. The van der Waals surface area contributed by atoms with Crippen molar-refractivity contribution in [3.63, 3.8) is 0 Å². The summed E-state index contributed by atoms with van der Waals surface area (Å²) < 4.78 is 10.7. The van der Waals surface area contributed by atoms with E-state index >= 15 is 0 Å². The zero-order valence-electron chi connectivity index (χ0n) is 9.46. The van der Waals surface area contributed by atoms with Crippen molar-refractivity contribution in [3.8, 4) is 11.5 Å². The van der Waals surface area contributed by atoms with Crippen molar-refractivity contribution < 1.29 is 9.47 Å². The van der Waals surface area contributed by atoms with Gasteiger partial charge >= 0.3 is 0 Å². The van der Waals surface area contributed by atoms with E-state index in [1.807, 2.05) is 13.1 Å². The normalized spacial score (nSPS) is 18.7. The molecule has 1 aromatic rings. The summed E-state index contributed by atoms with van der Waals surface area (Å²) >= 11 is 0. The fraction of sp³-hybridized carbons (Fsp3) is 0.500. The van der Waals surface area contributed by atoms with Gasteiger partial charge in [0.1, 0.15) is 0 Å². The van der Waals surface area contributed by atoms with Crippen molar-refractivity contribution in [3.05, 3.63) is 23.3 Å². The first-order valence-corrected chi connectivity index (χ1v) is 5.22. The second-order valence-electron chi connectivity index (χ2n) is 3.75. The van der Waals surface area contributed by atoms with Crippen LogP contribution >= 0.6 is 0 Å². The summed E-state index contributed by atoms with van der Waals surface area (Å²) in [7, 11) is 5.37. The Kier molecular flexibility index (Phi) is 2.82. The molecule has 82 valence electrons. The number of hydrogen-bond donors (Lipinski definition) is 1. The quantitative estimate of drug-likeness (QED) is 0.821. The summed E-state index contributed by atoms with van der Waals surface area (Å²) in [6.07, 6.45) is 2.19. The highest BCUT2D eigenvalue weighted by Gasteiger charge is 2.25. The van der Waals surface area contributed by atoms with Gasteiger partial charge in [-0.05, 0) is 31.5 Å². The highest BCUT2D eigenvalue weighted by Crippen LogP contribution is 2.41. The van der Waals surface area contributed by atoms with Crippen LogP contribution in [0.3, 0.4) is 0 Å². The molecule has 0 aliphatic heterocycles. The topological polar surface area (TPSA) is 30.5 Å².